The highest BCUT2D eigenvalue weighted by Crippen LogP contribution is 2.18. The Kier molecular flexibility index (Phi) is 13.7. The molecule has 0 aromatic carbocycles. The number of hydrogen-bond acceptors (Lipinski definition) is 3. The van der Waals surface area contributed by atoms with Gasteiger partial charge in [-0.25, -0.2) is 0 Å². The minimum atomic E-state index is -0.230. The van der Waals surface area contributed by atoms with Crippen LogP contribution in [0.25, 0.3) is 0 Å². The second-order valence-electron chi connectivity index (χ2n) is 8.07. The summed E-state index contributed by atoms with van der Waals surface area (Å²) in [6.07, 6.45) is 22.0. The standard InChI is InChI=1S/C25H40N2O2/c1-3-4-5-6-7-8-9-10-11-12-13-14-15-16-17-18-19-27-24(28)20-22(2)23(21-26)25(27)29/h10-11,20,29H,3-9,12-19H2,1-2H3/b11-10-. The molecule has 1 heterocycles. The van der Waals surface area contributed by atoms with Crippen LogP contribution in [0.3, 0.4) is 0 Å². The Morgan fingerprint density at radius 1 is 0.931 bits per heavy atom. The van der Waals surface area contributed by atoms with Crippen LogP contribution >= 0.6 is 0 Å². The maximum Gasteiger partial charge on any atom is 0.253 e. The molecule has 0 bridgehead atoms. The fourth-order valence-electron chi connectivity index (χ4n) is 3.62. The second kappa shape index (κ2) is 15.9. The van der Waals surface area contributed by atoms with Crippen LogP contribution in [-0.2, 0) is 6.54 Å². The van der Waals surface area contributed by atoms with Gasteiger partial charge in [0.15, 0.2) is 0 Å². The first-order valence-electron chi connectivity index (χ1n) is 11.6. The second-order valence-corrected chi connectivity index (χ2v) is 8.07. The molecule has 162 valence electrons. The van der Waals surface area contributed by atoms with Gasteiger partial charge in [-0.1, -0.05) is 76.9 Å². The van der Waals surface area contributed by atoms with Crippen LogP contribution in [0.4, 0.5) is 0 Å². The summed E-state index contributed by atoms with van der Waals surface area (Å²) < 4.78 is 1.32. The summed E-state index contributed by atoms with van der Waals surface area (Å²) in [4.78, 5) is 12.0. The van der Waals surface area contributed by atoms with Crippen molar-refractivity contribution in [3.05, 3.63) is 39.7 Å². The molecule has 1 rings (SSSR count). The molecule has 0 unspecified atom stereocenters. The first-order chi connectivity index (χ1) is 14.1. The number of nitriles is 1. The Morgan fingerprint density at radius 3 is 2.00 bits per heavy atom. The van der Waals surface area contributed by atoms with Crippen molar-refractivity contribution in [1.82, 2.24) is 4.57 Å². The van der Waals surface area contributed by atoms with Crippen molar-refractivity contribution in [3.63, 3.8) is 0 Å². The maximum absolute atomic E-state index is 12.0. The van der Waals surface area contributed by atoms with Gasteiger partial charge in [-0.05, 0) is 44.6 Å². The van der Waals surface area contributed by atoms with Crippen LogP contribution in [0.5, 0.6) is 5.88 Å². The summed E-state index contributed by atoms with van der Waals surface area (Å²) in [6.45, 7) is 4.41. The number of aromatic nitrogens is 1. The van der Waals surface area contributed by atoms with E-state index in [4.69, 9.17) is 5.26 Å². The van der Waals surface area contributed by atoms with Gasteiger partial charge < -0.3 is 5.11 Å². The molecule has 4 nitrogen and oxygen atoms in total. The first-order valence-corrected chi connectivity index (χ1v) is 11.6. The lowest BCUT2D eigenvalue weighted by molar-refractivity contribution is 0.396. The van der Waals surface area contributed by atoms with Gasteiger partial charge in [0, 0.05) is 12.6 Å². The quantitative estimate of drug-likeness (QED) is 0.246. The zero-order valence-corrected chi connectivity index (χ0v) is 18.6. The summed E-state index contributed by atoms with van der Waals surface area (Å²) >= 11 is 0. The molecular formula is C25H40N2O2. The molecule has 0 aliphatic heterocycles. The van der Waals surface area contributed by atoms with Gasteiger partial charge in [0.05, 0.1) is 0 Å². The van der Waals surface area contributed by atoms with Crippen LogP contribution in [0, 0.1) is 18.3 Å². The molecule has 0 fully saturated rings. The summed E-state index contributed by atoms with van der Waals surface area (Å²) in [5.41, 5.74) is 0.508. The smallest absolute Gasteiger partial charge is 0.253 e. The minimum Gasteiger partial charge on any atom is -0.493 e. The van der Waals surface area contributed by atoms with Gasteiger partial charge in [0.25, 0.3) is 5.56 Å². The number of hydrogen-bond donors (Lipinski definition) is 1. The third kappa shape index (κ3) is 10.4. The monoisotopic (exact) mass is 400 g/mol. The summed E-state index contributed by atoms with van der Waals surface area (Å²) in [7, 11) is 0. The fraction of sp³-hybridized carbons (Fsp3) is 0.680. The van der Waals surface area contributed by atoms with E-state index >= 15 is 0 Å². The molecule has 4 heteroatoms. The van der Waals surface area contributed by atoms with Crippen molar-refractivity contribution >= 4 is 0 Å². The first kappa shape index (κ1) is 25.0. The summed E-state index contributed by atoms with van der Waals surface area (Å²) in [6, 6.07) is 3.40. The van der Waals surface area contributed by atoms with Crippen molar-refractivity contribution in [3.8, 4) is 11.9 Å². The van der Waals surface area contributed by atoms with E-state index < -0.39 is 0 Å². The van der Waals surface area contributed by atoms with Gasteiger partial charge in [0.1, 0.15) is 11.6 Å². The highest BCUT2D eigenvalue weighted by Gasteiger charge is 2.11. The Hall–Kier alpha value is -2.02. The lowest BCUT2D eigenvalue weighted by Gasteiger charge is -2.10. The SMILES string of the molecule is CCCCCCCC/C=C\CCCCCCCCn1c(O)c(C#N)c(C)cc1=O. The van der Waals surface area contributed by atoms with E-state index in [-0.39, 0.29) is 17.0 Å². The van der Waals surface area contributed by atoms with E-state index in [9.17, 15) is 9.90 Å². The lowest BCUT2D eigenvalue weighted by Crippen LogP contribution is -2.20. The number of pyridine rings is 1. The number of aryl methyl sites for hydroxylation is 1. The molecule has 0 saturated carbocycles. The van der Waals surface area contributed by atoms with Gasteiger partial charge in [0.2, 0.25) is 5.88 Å². The molecule has 0 amide bonds. The van der Waals surface area contributed by atoms with E-state index in [0.29, 0.717) is 12.1 Å². The summed E-state index contributed by atoms with van der Waals surface area (Å²) in [5, 5.41) is 19.2. The Bertz CT molecular complexity index is 698. The zero-order chi connectivity index (χ0) is 21.3. The van der Waals surface area contributed by atoms with Crippen molar-refractivity contribution in [2.75, 3.05) is 0 Å². The van der Waals surface area contributed by atoms with E-state index in [1.807, 2.05) is 6.07 Å². The van der Waals surface area contributed by atoms with E-state index in [2.05, 4.69) is 19.1 Å². The molecule has 1 aromatic heterocycles. The van der Waals surface area contributed by atoms with Crippen molar-refractivity contribution < 1.29 is 5.11 Å². The van der Waals surface area contributed by atoms with Crippen LogP contribution in [0.15, 0.2) is 23.0 Å². The predicted octanol–water partition coefficient (Wildman–Crippen LogP) is 6.77. The van der Waals surface area contributed by atoms with Gasteiger partial charge in [-0.15, -0.1) is 0 Å². The van der Waals surface area contributed by atoms with Crippen LogP contribution in [-0.4, -0.2) is 9.67 Å². The molecule has 0 radical (unpaired) electrons. The van der Waals surface area contributed by atoms with Gasteiger partial charge >= 0.3 is 0 Å². The molecule has 1 aromatic rings. The van der Waals surface area contributed by atoms with Crippen molar-refractivity contribution in [1.29, 1.82) is 5.26 Å². The number of allylic oxidation sites excluding steroid dienone is 2. The topological polar surface area (TPSA) is 66.0 Å². The normalized spacial score (nSPS) is 11.2. The molecule has 0 aliphatic rings. The molecule has 29 heavy (non-hydrogen) atoms. The van der Waals surface area contributed by atoms with E-state index in [1.165, 1.54) is 81.3 Å². The Labute approximate surface area is 177 Å². The van der Waals surface area contributed by atoms with Gasteiger partial charge in [-0.3, -0.25) is 9.36 Å². The highest BCUT2D eigenvalue weighted by molar-refractivity contribution is 5.43. The number of nitrogens with zero attached hydrogens (tertiary/aromatic N) is 2. The van der Waals surface area contributed by atoms with Crippen molar-refractivity contribution in [2.24, 2.45) is 0 Å². The lowest BCUT2D eigenvalue weighted by atomic mass is 10.1. The Morgan fingerprint density at radius 2 is 1.45 bits per heavy atom. The summed E-state index contributed by atoms with van der Waals surface area (Å²) in [5.74, 6) is -0.190. The third-order valence-corrected chi connectivity index (χ3v) is 5.48. The predicted molar refractivity (Wildman–Crippen MR) is 121 cm³/mol. The molecule has 0 saturated heterocycles. The third-order valence-electron chi connectivity index (χ3n) is 5.48. The van der Waals surface area contributed by atoms with Crippen LogP contribution < -0.4 is 5.56 Å². The fourth-order valence-corrected chi connectivity index (χ4v) is 3.62. The van der Waals surface area contributed by atoms with Crippen molar-refractivity contribution in [2.45, 2.75) is 110 Å². The number of aromatic hydroxyl groups is 1. The minimum absolute atomic E-state index is 0.190. The molecule has 0 aliphatic carbocycles. The van der Waals surface area contributed by atoms with Crippen LogP contribution in [0.1, 0.15) is 108 Å². The largest absolute Gasteiger partial charge is 0.493 e. The van der Waals surface area contributed by atoms with E-state index in [0.717, 1.165) is 19.3 Å². The average molecular weight is 401 g/mol. The van der Waals surface area contributed by atoms with Gasteiger partial charge in [-0.2, -0.15) is 5.26 Å². The average Bonchev–Trinajstić information content (AvgIpc) is 2.70. The Balaban J connectivity index is 2.04. The maximum atomic E-state index is 12.0. The molecule has 0 atom stereocenters. The van der Waals surface area contributed by atoms with E-state index in [1.54, 1.807) is 6.92 Å². The number of unbranched alkanes of at least 4 members (excludes halogenated alkanes) is 12. The highest BCUT2D eigenvalue weighted by atomic mass is 16.3. The molecule has 0 spiro atoms. The van der Waals surface area contributed by atoms with Crippen LogP contribution in [0.2, 0.25) is 0 Å². The zero-order valence-electron chi connectivity index (χ0n) is 18.6. The molecular weight excluding hydrogens is 360 g/mol. The number of rotatable bonds is 16. The molecule has 1 N–H and O–H groups in total.